The molecule has 0 saturated carbocycles. The first kappa shape index (κ1) is 9.67. The molecule has 5 heteroatoms. The summed E-state index contributed by atoms with van der Waals surface area (Å²) in [4.78, 5) is 24.4. The fourth-order valence-electron chi connectivity index (χ4n) is 1.48. The van der Waals surface area contributed by atoms with Crippen molar-refractivity contribution >= 4 is 17.5 Å². The summed E-state index contributed by atoms with van der Waals surface area (Å²) in [5, 5.41) is 0.946. The number of benzene rings is 1. The predicted molar refractivity (Wildman–Crippen MR) is 54.7 cm³/mol. The standard InChI is InChI=1S/C10H11N3O2/c11-13-7-9(14)12(6-10(13)15)8-4-2-1-3-5-8/h1-5H,6-7,11H2. The quantitative estimate of drug-likeness (QED) is 0.507. The van der Waals surface area contributed by atoms with Crippen LogP contribution in [0, 0.1) is 0 Å². The minimum atomic E-state index is -0.251. The van der Waals surface area contributed by atoms with Crippen LogP contribution in [0.5, 0.6) is 0 Å². The topological polar surface area (TPSA) is 66.6 Å². The van der Waals surface area contributed by atoms with Gasteiger partial charge in [-0.3, -0.25) is 14.6 Å². The van der Waals surface area contributed by atoms with Gasteiger partial charge in [0.05, 0.1) is 0 Å². The summed E-state index contributed by atoms with van der Waals surface area (Å²) in [7, 11) is 0. The van der Waals surface area contributed by atoms with E-state index in [1.165, 1.54) is 4.90 Å². The van der Waals surface area contributed by atoms with Gasteiger partial charge >= 0.3 is 0 Å². The van der Waals surface area contributed by atoms with Crippen LogP contribution in [0.3, 0.4) is 0 Å². The number of rotatable bonds is 1. The number of nitrogens with zero attached hydrogens (tertiary/aromatic N) is 2. The Morgan fingerprint density at radius 1 is 1.00 bits per heavy atom. The summed E-state index contributed by atoms with van der Waals surface area (Å²) >= 11 is 0. The average molecular weight is 205 g/mol. The van der Waals surface area contributed by atoms with E-state index in [-0.39, 0.29) is 24.9 Å². The minimum Gasteiger partial charge on any atom is -0.301 e. The van der Waals surface area contributed by atoms with Crippen molar-refractivity contribution in [2.75, 3.05) is 18.0 Å². The molecule has 0 aliphatic carbocycles. The molecule has 1 aliphatic heterocycles. The number of carbonyl (C=O) groups excluding carboxylic acids is 2. The van der Waals surface area contributed by atoms with Crippen LogP contribution in [0.15, 0.2) is 30.3 Å². The van der Waals surface area contributed by atoms with E-state index in [4.69, 9.17) is 5.84 Å². The van der Waals surface area contributed by atoms with Crippen molar-refractivity contribution in [3.05, 3.63) is 30.3 Å². The third-order valence-corrected chi connectivity index (χ3v) is 2.29. The molecule has 0 spiro atoms. The van der Waals surface area contributed by atoms with E-state index in [2.05, 4.69) is 0 Å². The van der Waals surface area contributed by atoms with Crippen molar-refractivity contribution in [3.8, 4) is 0 Å². The van der Waals surface area contributed by atoms with Crippen molar-refractivity contribution in [1.82, 2.24) is 5.01 Å². The Balaban J connectivity index is 2.24. The number of para-hydroxylation sites is 1. The summed E-state index contributed by atoms with van der Waals surface area (Å²) < 4.78 is 0. The van der Waals surface area contributed by atoms with Crippen LogP contribution in [0.1, 0.15) is 0 Å². The van der Waals surface area contributed by atoms with Gasteiger partial charge in [0, 0.05) is 5.69 Å². The number of hydrogen-bond acceptors (Lipinski definition) is 3. The number of amides is 2. The second-order valence-corrected chi connectivity index (χ2v) is 3.34. The second-order valence-electron chi connectivity index (χ2n) is 3.34. The molecule has 0 bridgehead atoms. The monoisotopic (exact) mass is 205 g/mol. The highest BCUT2D eigenvalue weighted by Gasteiger charge is 2.28. The zero-order chi connectivity index (χ0) is 10.8. The molecule has 0 aromatic heterocycles. The number of hydrogen-bond donors (Lipinski definition) is 1. The summed E-state index contributed by atoms with van der Waals surface area (Å²) in [5.41, 5.74) is 0.726. The molecule has 1 aromatic carbocycles. The van der Waals surface area contributed by atoms with Gasteiger partial charge in [0.1, 0.15) is 13.1 Å². The molecule has 1 saturated heterocycles. The van der Waals surface area contributed by atoms with Crippen LogP contribution in [0.4, 0.5) is 5.69 Å². The van der Waals surface area contributed by atoms with Crippen molar-refractivity contribution in [2.45, 2.75) is 0 Å². The van der Waals surface area contributed by atoms with E-state index < -0.39 is 0 Å². The third-order valence-electron chi connectivity index (χ3n) is 2.29. The first-order chi connectivity index (χ1) is 7.18. The van der Waals surface area contributed by atoms with Gasteiger partial charge in [0.25, 0.3) is 5.91 Å². The first-order valence-corrected chi connectivity index (χ1v) is 4.59. The largest absolute Gasteiger partial charge is 0.301 e. The van der Waals surface area contributed by atoms with Gasteiger partial charge < -0.3 is 4.90 Å². The smallest absolute Gasteiger partial charge is 0.257 e. The zero-order valence-electron chi connectivity index (χ0n) is 8.09. The molecular weight excluding hydrogens is 194 g/mol. The molecule has 1 aromatic rings. The van der Waals surface area contributed by atoms with Crippen LogP contribution in [-0.2, 0) is 9.59 Å². The van der Waals surface area contributed by atoms with E-state index in [1.807, 2.05) is 18.2 Å². The third kappa shape index (κ3) is 1.82. The van der Waals surface area contributed by atoms with Gasteiger partial charge in [-0.25, -0.2) is 5.84 Å². The summed E-state index contributed by atoms with van der Waals surface area (Å²) in [5.74, 6) is 4.93. The van der Waals surface area contributed by atoms with Gasteiger partial charge in [-0.2, -0.15) is 0 Å². The lowest BCUT2D eigenvalue weighted by atomic mass is 10.2. The van der Waals surface area contributed by atoms with E-state index in [0.717, 1.165) is 10.7 Å². The fraction of sp³-hybridized carbons (Fsp3) is 0.200. The summed E-state index contributed by atoms with van der Waals surface area (Å²) in [6.07, 6.45) is 0. The number of hydrazine groups is 1. The Morgan fingerprint density at radius 3 is 2.33 bits per heavy atom. The van der Waals surface area contributed by atoms with Gasteiger partial charge in [0.15, 0.2) is 0 Å². The summed E-state index contributed by atoms with van der Waals surface area (Å²) in [6, 6.07) is 9.08. The highest BCUT2D eigenvalue weighted by atomic mass is 16.2. The fourth-order valence-corrected chi connectivity index (χ4v) is 1.48. The molecule has 0 radical (unpaired) electrons. The molecule has 2 amide bonds. The average Bonchev–Trinajstić information content (AvgIpc) is 2.25. The van der Waals surface area contributed by atoms with Gasteiger partial charge in [-0.15, -0.1) is 0 Å². The highest BCUT2D eigenvalue weighted by molar-refractivity contribution is 6.04. The Bertz CT molecular complexity index is 391. The Hall–Kier alpha value is -1.88. The van der Waals surface area contributed by atoms with Crippen LogP contribution >= 0.6 is 0 Å². The van der Waals surface area contributed by atoms with Crippen molar-refractivity contribution < 1.29 is 9.59 Å². The second kappa shape index (κ2) is 3.70. The lowest BCUT2D eigenvalue weighted by Gasteiger charge is -2.31. The van der Waals surface area contributed by atoms with E-state index in [9.17, 15) is 9.59 Å². The zero-order valence-corrected chi connectivity index (χ0v) is 8.09. The molecular formula is C10H11N3O2. The molecule has 78 valence electrons. The van der Waals surface area contributed by atoms with Crippen molar-refractivity contribution in [1.29, 1.82) is 0 Å². The minimum absolute atomic E-state index is 0.0132. The van der Waals surface area contributed by atoms with Crippen LogP contribution < -0.4 is 10.7 Å². The maximum absolute atomic E-state index is 11.6. The molecule has 2 N–H and O–H groups in total. The highest BCUT2D eigenvalue weighted by Crippen LogP contribution is 2.15. The molecule has 1 aliphatic rings. The predicted octanol–water partition coefficient (Wildman–Crippen LogP) is -0.265. The lowest BCUT2D eigenvalue weighted by Crippen LogP contribution is -2.56. The Kier molecular flexibility index (Phi) is 2.39. The molecule has 2 rings (SSSR count). The Labute approximate surface area is 87.0 Å². The SMILES string of the molecule is NN1CC(=O)N(c2ccccc2)CC1=O. The molecule has 1 heterocycles. The number of nitrogens with two attached hydrogens (primary N) is 1. The normalized spacial score (nSPS) is 17.1. The molecule has 15 heavy (non-hydrogen) atoms. The van der Waals surface area contributed by atoms with E-state index in [0.29, 0.717) is 0 Å². The van der Waals surface area contributed by atoms with Crippen molar-refractivity contribution in [2.24, 2.45) is 5.84 Å². The number of piperazine rings is 1. The van der Waals surface area contributed by atoms with Gasteiger partial charge in [-0.1, -0.05) is 18.2 Å². The van der Waals surface area contributed by atoms with Crippen LogP contribution in [0.2, 0.25) is 0 Å². The molecule has 5 nitrogen and oxygen atoms in total. The molecule has 0 unspecified atom stereocenters. The maximum atomic E-state index is 11.6. The van der Waals surface area contributed by atoms with E-state index in [1.54, 1.807) is 12.1 Å². The van der Waals surface area contributed by atoms with Gasteiger partial charge in [0.2, 0.25) is 5.91 Å². The van der Waals surface area contributed by atoms with Crippen molar-refractivity contribution in [3.63, 3.8) is 0 Å². The Morgan fingerprint density at radius 2 is 1.67 bits per heavy atom. The van der Waals surface area contributed by atoms with E-state index >= 15 is 0 Å². The maximum Gasteiger partial charge on any atom is 0.257 e. The van der Waals surface area contributed by atoms with Gasteiger partial charge in [-0.05, 0) is 12.1 Å². The van der Waals surface area contributed by atoms with Crippen LogP contribution in [0.25, 0.3) is 0 Å². The summed E-state index contributed by atoms with van der Waals surface area (Å²) in [6.45, 7) is -0.0485. The number of anilines is 1. The van der Waals surface area contributed by atoms with Crippen LogP contribution in [-0.4, -0.2) is 29.9 Å². The first-order valence-electron chi connectivity index (χ1n) is 4.59. The number of carbonyl (C=O) groups is 2. The molecule has 0 atom stereocenters. The molecule has 1 fully saturated rings. The lowest BCUT2D eigenvalue weighted by molar-refractivity contribution is -0.138.